The lowest BCUT2D eigenvalue weighted by Crippen LogP contribution is -1.99. The molecular weight excluding hydrogens is 273 g/mol. The summed E-state index contributed by atoms with van der Waals surface area (Å²) in [6.45, 7) is 0. The average molecular weight is 280 g/mol. The number of benzene rings is 2. The number of phenolic OH excluding ortho intramolecular Hbond substituents is 1. The van der Waals surface area contributed by atoms with Gasteiger partial charge in [-0.15, -0.1) is 15.0 Å². The van der Waals surface area contributed by atoms with Gasteiger partial charge in [-0.3, -0.25) is 0 Å². The fraction of sp³-hybridized carbons (Fsp3) is 0. The molecule has 0 saturated heterocycles. The number of fused-ring (bicyclic) bond motifs is 1. The van der Waals surface area contributed by atoms with Gasteiger partial charge in [-0.1, -0.05) is 35.3 Å². The molecule has 4 nitrogen and oxygen atoms in total. The van der Waals surface area contributed by atoms with Gasteiger partial charge in [-0.2, -0.15) is 0 Å². The molecule has 3 aromatic rings. The third kappa shape index (κ3) is 1.79. The minimum absolute atomic E-state index is 0.0234. The van der Waals surface area contributed by atoms with Crippen molar-refractivity contribution in [3.8, 4) is 11.4 Å². The molecule has 0 saturated carbocycles. The third-order valence-corrected chi connectivity index (χ3v) is 3.24. The number of aromatic nitrogens is 3. The maximum Gasteiger partial charge on any atom is 0.144 e. The summed E-state index contributed by atoms with van der Waals surface area (Å²) in [5, 5.41) is 19.0. The summed E-state index contributed by atoms with van der Waals surface area (Å²) in [5.41, 5.74) is 1.87. The molecule has 2 aromatic carbocycles. The Kier molecular flexibility index (Phi) is 2.61. The molecule has 0 aliphatic carbocycles. The van der Waals surface area contributed by atoms with Crippen LogP contribution in [0.15, 0.2) is 36.4 Å². The maximum atomic E-state index is 9.85. The van der Waals surface area contributed by atoms with Crippen LogP contribution in [0.25, 0.3) is 16.7 Å². The van der Waals surface area contributed by atoms with Crippen LogP contribution in [0.3, 0.4) is 0 Å². The van der Waals surface area contributed by atoms with E-state index >= 15 is 0 Å². The van der Waals surface area contributed by atoms with Crippen LogP contribution < -0.4 is 0 Å². The summed E-state index contributed by atoms with van der Waals surface area (Å²) in [5.74, 6) is -0.0234. The van der Waals surface area contributed by atoms with E-state index in [-0.39, 0.29) is 10.8 Å². The van der Waals surface area contributed by atoms with Crippen molar-refractivity contribution in [2.75, 3.05) is 0 Å². The quantitative estimate of drug-likeness (QED) is 0.743. The Morgan fingerprint density at radius 3 is 2.11 bits per heavy atom. The zero-order chi connectivity index (χ0) is 12.7. The van der Waals surface area contributed by atoms with E-state index in [4.69, 9.17) is 23.2 Å². The summed E-state index contributed by atoms with van der Waals surface area (Å²) in [4.78, 5) is 1.34. The van der Waals surface area contributed by atoms with Crippen LogP contribution >= 0.6 is 23.2 Å². The van der Waals surface area contributed by atoms with Gasteiger partial charge in [0.05, 0.1) is 10.0 Å². The van der Waals surface area contributed by atoms with E-state index < -0.39 is 0 Å². The number of aromatic hydroxyl groups is 1. The molecule has 0 amide bonds. The maximum absolute atomic E-state index is 9.85. The first kappa shape index (κ1) is 11.3. The predicted octanol–water partition coefficient (Wildman–Crippen LogP) is 3.43. The first-order chi connectivity index (χ1) is 8.65. The molecule has 3 rings (SSSR count). The number of phenols is 1. The lowest BCUT2D eigenvalue weighted by molar-refractivity contribution is 0.468. The standard InChI is InChI=1S/C12H7Cl2N3O/c13-7-5-11(12(18)6-8(7)14)17-15-9-3-1-2-4-10(9)16-17/h1-6,18H. The molecule has 18 heavy (non-hydrogen) atoms. The van der Waals surface area contributed by atoms with Gasteiger partial charge >= 0.3 is 0 Å². The summed E-state index contributed by atoms with van der Waals surface area (Å²) < 4.78 is 0. The normalized spacial score (nSPS) is 11.0. The Morgan fingerprint density at radius 1 is 0.944 bits per heavy atom. The lowest BCUT2D eigenvalue weighted by atomic mass is 10.3. The van der Waals surface area contributed by atoms with Gasteiger partial charge in [0.25, 0.3) is 0 Å². The molecule has 0 unspecified atom stereocenters. The highest BCUT2D eigenvalue weighted by Crippen LogP contribution is 2.31. The highest BCUT2D eigenvalue weighted by molar-refractivity contribution is 6.42. The van der Waals surface area contributed by atoms with Crippen molar-refractivity contribution in [3.63, 3.8) is 0 Å². The highest BCUT2D eigenvalue weighted by atomic mass is 35.5. The Balaban J connectivity index is 2.22. The smallest absolute Gasteiger partial charge is 0.144 e. The number of hydrogen-bond acceptors (Lipinski definition) is 3. The van der Waals surface area contributed by atoms with Gasteiger partial charge in [0.1, 0.15) is 22.5 Å². The molecule has 0 aliphatic rings. The van der Waals surface area contributed by atoms with E-state index in [1.165, 1.54) is 16.9 Å². The molecule has 0 radical (unpaired) electrons. The number of hydrogen-bond donors (Lipinski definition) is 1. The van der Waals surface area contributed by atoms with Gasteiger partial charge < -0.3 is 5.11 Å². The first-order valence-electron chi connectivity index (χ1n) is 5.15. The number of rotatable bonds is 1. The van der Waals surface area contributed by atoms with Crippen LogP contribution in [0.1, 0.15) is 0 Å². The monoisotopic (exact) mass is 279 g/mol. The molecule has 1 aromatic heterocycles. The van der Waals surface area contributed by atoms with Crippen molar-refractivity contribution in [2.24, 2.45) is 0 Å². The Labute approximate surface area is 112 Å². The molecule has 0 atom stereocenters. The zero-order valence-electron chi connectivity index (χ0n) is 9.01. The summed E-state index contributed by atoms with van der Waals surface area (Å²) >= 11 is 11.7. The van der Waals surface area contributed by atoms with Gasteiger partial charge in [0.2, 0.25) is 0 Å². The van der Waals surface area contributed by atoms with Crippen molar-refractivity contribution in [1.29, 1.82) is 0 Å². The lowest BCUT2D eigenvalue weighted by Gasteiger charge is -2.04. The topological polar surface area (TPSA) is 50.9 Å². The van der Waals surface area contributed by atoms with E-state index in [9.17, 15) is 5.11 Å². The minimum atomic E-state index is -0.0234. The molecule has 1 N–H and O–H groups in total. The van der Waals surface area contributed by atoms with Crippen LogP contribution in [0, 0.1) is 0 Å². The third-order valence-electron chi connectivity index (χ3n) is 2.52. The molecule has 0 fully saturated rings. The molecule has 0 bridgehead atoms. The van der Waals surface area contributed by atoms with E-state index in [0.29, 0.717) is 10.7 Å². The molecule has 0 aliphatic heterocycles. The van der Waals surface area contributed by atoms with Crippen molar-refractivity contribution in [2.45, 2.75) is 0 Å². The Bertz CT molecular complexity index is 706. The van der Waals surface area contributed by atoms with Crippen LogP contribution in [-0.2, 0) is 0 Å². The molecule has 1 heterocycles. The van der Waals surface area contributed by atoms with Crippen molar-refractivity contribution < 1.29 is 5.11 Å². The minimum Gasteiger partial charge on any atom is -0.506 e. The van der Waals surface area contributed by atoms with E-state index in [2.05, 4.69) is 10.2 Å². The predicted molar refractivity (Wildman–Crippen MR) is 70.5 cm³/mol. The summed E-state index contributed by atoms with van der Waals surface area (Å²) in [6.07, 6.45) is 0. The second-order valence-corrected chi connectivity index (χ2v) is 4.55. The van der Waals surface area contributed by atoms with E-state index in [1.54, 1.807) is 0 Å². The number of halogens is 2. The second kappa shape index (κ2) is 4.15. The Morgan fingerprint density at radius 2 is 1.50 bits per heavy atom. The number of nitrogens with zero attached hydrogens (tertiary/aromatic N) is 3. The van der Waals surface area contributed by atoms with Gasteiger partial charge in [0, 0.05) is 6.07 Å². The molecule has 6 heteroatoms. The summed E-state index contributed by atoms with van der Waals surface area (Å²) in [6, 6.07) is 10.3. The fourth-order valence-corrected chi connectivity index (χ4v) is 1.97. The second-order valence-electron chi connectivity index (χ2n) is 3.73. The van der Waals surface area contributed by atoms with Gasteiger partial charge in [-0.25, -0.2) is 0 Å². The molecular formula is C12H7Cl2N3O. The van der Waals surface area contributed by atoms with Crippen molar-refractivity contribution in [1.82, 2.24) is 15.0 Å². The van der Waals surface area contributed by atoms with E-state index in [0.717, 1.165) is 11.0 Å². The van der Waals surface area contributed by atoms with Crippen LogP contribution in [-0.4, -0.2) is 20.1 Å². The van der Waals surface area contributed by atoms with Crippen LogP contribution in [0.5, 0.6) is 5.75 Å². The average Bonchev–Trinajstić information content (AvgIpc) is 2.77. The Hall–Kier alpha value is -1.78. The van der Waals surface area contributed by atoms with Crippen LogP contribution in [0.2, 0.25) is 10.0 Å². The van der Waals surface area contributed by atoms with Crippen LogP contribution in [0.4, 0.5) is 0 Å². The van der Waals surface area contributed by atoms with E-state index in [1.807, 2.05) is 24.3 Å². The SMILES string of the molecule is Oc1cc(Cl)c(Cl)cc1-n1nc2ccccc2n1. The largest absolute Gasteiger partial charge is 0.506 e. The first-order valence-corrected chi connectivity index (χ1v) is 5.91. The fourth-order valence-electron chi connectivity index (χ4n) is 1.65. The van der Waals surface area contributed by atoms with Gasteiger partial charge in [-0.05, 0) is 18.2 Å². The van der Waals surface area contributed by atoms with Crippen molar-refractivity contribution >= 4 is 34.2 Å². The molecule has 90 valence electrons. The highest BCUT2D eigenvalue weighted by Gasteiger charge is 2.11. The summed E-state index contributed by atoms with van der Waals surface area (Å²) in [7, 11) is 0. The van der Waals surface area contributed by atoms with Crippen molar-refractivity contribution in [3.05, 3.63) is 46.4 Å². The zero-order valence-corrected chi connectivity index (χ0v) is 10.5. The van der Waals surface area contributed by atoms with Gasteiger partial charge in [0.15, 0.2) is 0 Å². The molecule has 0 spiro atoms.